The van der Waals surface area contributed by atoms with Gasteiger partial charge in [-0.05, 0) is 18.2 Å². The lowest BCUT2D eigenvalue weighted by Crippen LogP contribution is -1.99. The Morgan fingerprint density at radius 3 is 2.65 bits per heavy atom. The monoisotopic (exact) mass is 294 g/mol. The van der Waals surface area contributed by atoms with Crippen LogP contribution in [0.3, 0.4) is 0 Å². The van der Waals surface area contributed by atoms with Gasteiger partial charge in [0.15, 0.2) is 0 Å². The smallest absolute Gasteiger partial charge is 0.354 e. The standard InChI is InChI=1S/C12H7ClN2O5/c13-7-1-4-10(15(18)19)11(5-7)20-8-2-3-9(12(16)17)14-6-8/h1-6H,(H,16,17). The summed E-state index contributed by atoms with van der Waals surface area (Å²) in [6.45, 7) is 0. The molecule has 2 aromatic rings. The third kappa shape index (κ3) is 3.01. The number of ether oxygens (including phenoxy) is 1. The number of carboxylic acids is 1. The number of nitrogens with zero attached hydrogens (tertiary/aromatic N) is 2. The molecule has 0 aliphatic carbocycles. The van der Waals surface area contributed by atoms with Gasteiger partial charge in [0.2, 0.25) is 5.75 Å². The Kier molecular flexibility index (Phi) is 3.81. The van der Waals surface area contributed by atoms with Crippen molar-refractivity contribution in [2.75, 3.05) is 0 Å². The first-order chi connectivity index (χ1) is 9.47. The lowest BCUT2D eigenvalue weighted by molar-refractivity contribution is -0.385. The van der Waals surface area contributed by atoms with Gasteiger partial charge in [0.05, 0.1) is 11.1 Å². The van der Waals surface area contributed by atoms with Crippen LogP contribution >= 0.6 is 11.6 Å². The highest BCUT2D eigenvalue weighted by atomic mass is 35.5. The van der Waals surface area contributed by atoms with Gasteiger partial charge in [-0.15, -0.1) is 0 Å². The Labute approximate surface area is 117 Å². The van der Waals surface area contributed by atoms with Crippen LogP contribution in [0, 0.1) is 10.1 Å². The van der Waals surface area contributed by atoms with E-state index in [0.29, 0.717) is 0 Å². The second-order valence-electron chi connectivity index (χ2n) is 3.66. The van der Waals surface area contributed by atoms with Gasteiger partial charge in [-0.2, -0.15) is 0 Å². The zero-order chi connectivity index (χ0) is 14.7. The Hall–Kier alpha value is -2.67. The van der Waals surface area contributed by atoms with E-state index in [-0.39, 0.29) is 27.9 Å². The molecule has 102 valence electrons. The van der Waals surface area contributed by atoms with Crippen LogP contribution in [0.4, 0.5) is 5.69 Å². The van der Waals surface area contributed by atoms with Crippen molar-refractivity contribution in [3.05, 3.63) is 57.4 Å². The molecular formula is C12H7ClN2O5. The summed E-state index contributed by atoms with van der Waals surface area (Å²) >= 11 is 5.76. The van der Waals surface area contributed by atoms with Crippen LogP contribution in [0.15, 0.2) is 36.5 Å². The van der Waals surface area contributed by atoms with Crippen molar-refractivity contribution in [1.29, 1.82) is 0 Å². The summed E-state index contributed by atoms with van der Waals surface area (Å²) in [5.74, 6) is -1.06. The number of hydrogen-bond donors (Lipinski definition) is 1. The van der Waals surface area contributed by atoms with E-state index in [2.05, 4.69) is 4.98 Å². The molecular weight excluding hydrogens is 288 g/mol. The molecule has 1 aromatic carbocycles. The number of aromatic nitrogens is 1. The molecule has 0 aliphatic heterocycles. The SMILES string of the molecule is O=C(O)c1ccc(Oc2cc(Cl)ccc2[N+](=O)[O-])cn1. The van der Waals surface area contributed by atoms with Crippen molar-refractivity contribution in [3.8, 4) is 11.5 Å². The van der Waals surface area contributed by atoms with Crippen molar-refractivity contribution < 1.29 is 19.6 Å². The van der Waals surface area contributed by atoms with Crippen LogP contribution in [-0.2, 0) is 0 Å². The van der Waals surface area contributed by atoms with E-state index in [1.54, 1.807) is 0 Å². The number of aromatic carboxylic acids is 1. The van der Waals surface area contributed by atoms with Gasteiger partial charge in [0, 0.05) is 17.2 Å². The van der Waals surface area contributed by atoms with E-state index < -0.39 is 10.9 Å². The molecule has 1 N–H and O–H groups in total. The van der Waals surface area contributed by atoms with Crippen molar-refractivity contribution >= 4 is 23.3 Å². The van der Waals surface area contributed by atoms with Gasteiger partial charge in [0.1, 0.15) is 11.4 Å². The second kappa shape index (κ2) is 5.54. The van der Waals surface area contributed by atoms with Crippen LogP contribution in [0.5, 0.6) is 11.5 Å². The highest BCUT2D eigenvalue weighted by Gasteiger charge is 2.16. The predicted molar refractivity (Wildman–Crippen MR) is 69.4 cm³/mol. The molecule has 0 saturated carbocycles. The first-order valence-electron chi connectivity index (χ1n) is 5.28. The summed E-state index contributed by atoms with van der Waals surface area (Å²) in [4.78, 5) is 24.5. The molecule has 0 amide bonds. The van der Waals surface area contributed by atoms with Gasteiger partial charge < -0.3 is 9.84 Å². The topological polar surface area (TPSA) is 103 Å². The van der Waals surface area contributed by atoms with Crippen molar-refractivity contribution in [1.82, 2.24) is 4.98 Å². The van der Waals surface area contributed by atoms with Gasteiger partial charge in [-0.1, -0.05) is 11.6 Å². The summed E-state index contributed by atoms with van der Waals surface area (Å²) in [7, 11) is 0. The average Bonchev–Trinajstić information content (AvgIpc) is 2.39. The second-order valence-corrected chi connectivity index (χ2v) is 4.09. The van der Waals surface area contributed by atoms with Crippen LogP contribution in [0.2, 0.25) is 5.02 Å². The highest BCUT2D eigenvalue weighted by Crippen LogP contribution is 2.33. The largest absolute Gasteiger partial charge is 0.477 e. The number of halogens is 1. The third-order valence-electron chi connectivity index (χ3n) is 2.30. The summed E-state index contributed by atoms with van der Waals surface area (Å²) in [5.41, 5.74) is -0.408. The van der Waals surface area contributed by atoms with Crippen LogP contribution in [0.1, 0.15) is 10.5 Å². The third-order valence-corrected chi connectivity index (χ3v) is 2.54. The molecule has 0 unspecified atom stereocenters. The zero-order valence-electron chi connectivity index (χ0n) is 9.82. The molecule has 2 rings (SSSR count). The van der Waals surface area contributed by atoms with Crippen LogP contribution in [0.25, 0.3) is 0 Å². The fraction of sp³-hybridized carbons (Fsp3) is 0. The van der Waals surface area contributed by atoms with Crippen molar-refractivity contribution in [3.63, 3.8) is 0 Å². The number of carbonyl (C=O) groups is 1. The molecule has 0 spiro atoms. The molecule has 0 radical (unpaired) electrons. The molecule has 0 fully saturated rings. The molecule has 8 heteroatoms. The summed E-state index contributed by atoms with van der Waals surface area (Å²) in [6.07, 6.45) is 1.16. The Balaban J connectivity index is 2.31. The molecule has 7 nitrogen and oxygen atoms in total. The molecule has 0 saturated heterocycles. The number of pyridine rings is 1. The van der Waals surface area contributed by atoms with Gasteiger partial charge >= 0.3 is 11.7 Å². The lowest BCUT2D eigenvalue weighted by atomic mass is 10.3. The van der Waals surface area contributed by atoms with Gasteiger partial charge in [-0.25, -0.2) is 9.78 Å². The minimum Gasteiger partial charge on any atom is -0.477 e. The minimum atomic E-state index is -1.18. The number of nitro groups is 1. The normalized spacial score (nSPS) is 10.1. The fourth-order valence-electron chi connectivity index (χ4n) is 1.41. The number of rotatable bonds is 4. The van der Waals surface area contributed by atoms with E-state index in [1.165, 1.54) is 30.3 Å². The van der Waals surface area contributed by atoms with Gasteiger partial charge in [-0.3, -0.25) is 10.1 Å². The Morgan fingerprint density at radius 1 is 1.35 bits per heavy atom. The fourth-order valence-corrected chi connectivity index (χ4v) is 1.58. The average molecular weight is 295 g/mol. The van der Waals surface area contributed by atoms with Crippen LogP contribution in [-0.4, -0.2) is 21.0 Å². The Morgan fingerprint density at radius 2 is 2.10 bits per heavy atom. The molecule has 0 atom stereocenters. The number of carboxylic acid groups (broad SMARTS) is 1. The van der Waals surface area contributed by atoms with E-state index in [4.69, 9.17) is 21.4 Å². The maximum atomic E-state index is 10.9. The maximum absolute atomic E-state index is 10.9. The first-order valence-corrected chi connectivity index (χ1v) is 5.66. The summed E-state index contributed by atoms with van der Waals surface area (Å²) in [6, 6.07) is 6.47. The molecule has 1 aromatic heterocycles. The number of hydrogen-bond acceptors (Lipinski definition) is 5. The van der Waals surface area contributed by atoms with Gasteiger partial charge in [0.25, 0.3) is 0 Å². The predicted octanol–water partition coefficient (Wildman–Crippen LogP) is 3.13. The molecule has 1 heterocycles. The minimum absolute atomic E-state index is 0.0487. The first kappa shape index (κ1) is 13.8. The number of benzene rings is 1. The van der Waals surface area contributed by atoms with Crippen molar-refractivity contribution in [2.45, 2.75) is 0 Å². The molecule has 0 bridgehead atoms. The van der Waals surface area contributed by atoms with E-state index in [0.717, 1.165) is 6.20 Å². The highest BCUT2D eigenvalue weighted by molar-refractivity contribution is 6.30. The van der Waals surface area contributed by atoms with Crippen molar-refractivity contribution in [2.24, 2.45) is 0 Å². The molecule has 0 aliphatic rings. The summed E-state index contributed by atoms with van der Waals surface area (Å²) < 4.78 is 5.30. The molecule has 20 heavy (non-hydrogen) atoms. The number of nitro benzene ring substituents is 1. The van der Waals surface area contributed by atoms with Crippen LogP contribution < -0.4 is 4.74 Å². The summed E-state index contributed by atoms with van der Waals surface area (Å²) in [5, 5.41) is 19.8. The maximum Gasteiger partial charge on any atom is 0.354 e. The zero-order valence-corrected chi connectivity index (χ0v) is 10.6. The quantitative estimate of drug-likeness (QED) is 0.686. The lowest BCUT2D eigenvalue weighted by Gasteiger charge is -2.06. The van der Waals surface area contributed by atoms with E-state index in [1.807, 2.05) is 0 Å². The Bertz CT molecular complexity index is 672. The van der Waals surface area contributed by atoms with E-state index in [9.17, 15) is 14.9 Å². The van der Waals surface area contributed by atoms with E-state index >= 15 is 0 Å².